The molecule has 0 aliphatic heterocycles. The molecule has 0 bridgehead atoms. The fraction of sp³-hybridized carbons (Fsp3) is 0. The minimum atomic E-state index is -1.40. The van der Waals surface area contributed by atoms with Crippen molar-refractivity contribution in [3.05, 3.63) is 75.5 Å². The van der Waals surface area contributed by atoms with E-state index in [1.165, 1.54) is 18.2 Å². The van der Waals surface area contributed by atoms with Gasteiger partial charge in [0.15, 0.2) is 0 Å². The summed E-state index contributed by atoms with van der Waals surface area (Å²) < 4.78 is 1.07. The van der Waals surface area contributed by atoms with Crippen molar-refractivity contribution < 1.29 is 14.7 Å². The molecule has 0 spiro atoms. The predicted molar refractivity (Wildman–Crippen MR) is 91.0 cm³/mol. The number of halogens is 1. The highest BCUT2D eigenvalue weighted by Gasteiger charge is 2.18. The molecule has 0 aliphatic carbocycles. The van der Waals surface area contributed by atoms with Crippen LogP contribution in [0.25, 0.3) is 10.9 Å². The average Bonchev–Trinajstić information content (AvgIpc) is 2.55. The average molecular weight is 343 g/mol. The number of carboxylic acid groups (broad SMARTS) is 1. The van der Waals surface area contributed by atoms with Gasteiger partial charge in [0.05, 0.1) is 5.52 Å². The maximum atomic E-state index is 12.5. The first-order chi connectivity index (χ1) is 11.5. The van der Waals surface area contributed by atoms with Crippen molar-refractivity contribution >= 4 is 40.2 Å². The van der Waals surface area contributed by atoms with Crippen LogP contribution in [0.1, 0.15) is 10.4 Å². The highest BCUT2D eigenvalue weighted by Crippen LogP contribution is 2.18. The van der Waals surface area contributed by atoms with Gasteiger partial charge in [-0.05, 0) is 30.3 Å². The molecule has 2 N–H and O–H groups in total. The largest absolute Gasteiger partial charge is 0.477 e. The van der Waals surface area contributed by atoms with E-state index in [0.717, 1.165) is 10.8 Å². The standard InChI is InChI=1S/C17H11ClN2O4/c18-10-6-7-12-14(8-10)20(9-13(15(12)21)16(22)23)17(24)19-11-4-2-1-3-5-11/h1-9H,(H,19,24)(H,22,23). The number of nitrogens with zero attached hydrogens (tertiary/aromatic N) is 1. The van der Waals surface area contributed by atoms with Crippen LogP contribution in [0, 0.1) is 0 Å². The number of pyridine rings is 1. The third kappa shape index (κ3) is 2.87. The lowest BCUT2D eigenvalue weighted by molar-refractivity contribution is 0.0695. The fourth-order valence-electron chi connectivity index (χ4n) is 2.32. The van der Waals surface area contributed by atoms with Crippen LogP contribution in [0.2, 0.25) is 5.02 Å². The summed E-state index contributed by atoms with van der Waals surface area (Å²) in [4.78, 5) is 36.1. The van der Waals surface area contributed by atoms with E-state index in [-0.39, 0.29) is 10.9 Å². The van der Waals surface area contributed by atoms with E-state index in [0.29, 0.717) is 10.7 Å². The molecule has 0 atom stereocenters. The Bertz CT molecular complexity index is 1010. The second-order valence-corrected chi connectivity index (χ2v) is 5.44. The van der Waals surface area contributed by atoms with Crippen LogP contribution in [0.4, 0.5) is 10.5 Å². The van der Waals surface area contributed by atoms with Crippen molar-refractivity contribution in [2.45, 2.75) is 0 Å². The number of hydrogen-bond donors (Lipinski definition) is 2. The number of nitrogens with one attached hydrogen (secondary N) is 1. The molecule has 0 saturated carbocycles. The molecule has 1 aromatic heterocycles. The highest BCUT2D eigenvalue weighted by molar-refractivity contribution is 6.31. The lowest BCUT2D eigenvalue weighted by Crippen LogP contribution is -2.25. The number of benzene rings is 2. The summed E-state index contributed by atoms with van der Waals surface area (Å²) in [6.07, 6.45) is 1.00. The summed E-state index contributed by atoms with van der Waals surface area (Å²) in [6.45, 7) is 0. The van der Waals surface area contributed by atoms with Crippen molar-refractivity contribution in [1.82, 2.24) is 4.57 Å². The number of anilines is 1. The summed E-state index contributed by atoms with van der Waals surface area (Å²) in [6, 6.07) is 12.4. The minimum Gasteiger partial charge on any atom is -0.477 e. The van der Waals surface area contributed by atoms with Gasteiger partial charge < -0.3 is 10.4 Å². The van der Waals surface area contributed by atoms with Crippen LogP contribution in [-0.4, -0.2) is 21.7 Å². The Balaban J connectivity index is 2.20. The SMILES string of the molecule is O=C(O)c1cn(C(=O)Nc2ccccc2)c2cc(Cl)ccc2c1=O. The van der Waals surface area contributed by atoms with E-state index in [1.54, 1.807) is 30.3 Å². The predicted octanol–water partition coefficient (Wildman–Crippen LogP) is 3.43. The number of amides is 1. The number of rotatable bonds is 2. The Hall–Kier alpha value is -3.12. The number of carbonyl (C=O) groups is 2. The number of aromatic carboxylic acids is 1. The topological polar surface area (TPSA) is 88.4 Å². The minimum absolute atomic E-state index is 0.0995. The third-order valence-electron chi connectivity index (χ3n) is 3.44. The van der Waals surface area contributed by atoms with E-state index in [4.69, 9.17) is 11.6 Å². The molecule has 120 valence electrons. The van der Waals surface area contributed by atoms with E-state index in [1.807, 2.05) is 0 Å². The van der Waals surface area contributed by atoms with Gasteiger partial charge in [0.25, 0.3) is 0 Å². The summed E-state index contributed by atoms with van der Waals surface area (Å²) >= 11 is 5.95. The maximum Gasteiger partial charge on any atom is 0.341 e. The summed E-state index contributed by atoms with van der Waals surface area (Å²) in [5.74, 6) is -1.40. The van der Waals surface area contributed by atoms with E-state index in [9.17, 15) is 19.5 Å². The molecule has 0 aliphatic rings. The van der Waals surface area contributed by atoms with E-state index < -0.39 is 23.0 Å². The molecule has 1 heterocycles. The van der Waals surface area contributed by atoms with Crippen LogP contribution >= 0.6 is 11.6 Å². The molecule has 0 fully saturated rings. The van der Waals surface area contributed by atoms with Crippen molar-refractivity contribution in [2.24, 2.45) is 0 Å². The summed E-state index contributed by atoms with van der Waals surface area (Å²) in [7, 11) is 0. The number of carbonyl (C=O) groups excluding carboxylic acids is 1. The third-order valence-corrected chi connectivity index (χ3v) is 3.68. The normalized spacial score (nSPS) is 10.5. The van der Waals surface area contributed by atoms with E-state index >= 15 is 0 Å². The second-order valence-electron chi connectivity index (χ2n) is 5.00. The van der Waals surface area contributed by atoms with Gasteiger partial charge >= 0.3 is 12.0 Å². The Morgan fingerprint density at radius 3 is 2.46 bits per heavy atom. The number of hydrogen-bond acceptors (Lipinski definition) is 3. The van der Waals surface area contributed by atoms with Gasteiger partial charge in [-0.2, -0.15) is 0 Å². The lowest BCUT2D eigenvalue weighted by atomic mass is 10.1. The highest BCUT2D eigenvalue weighted by atomic mass is 35.5. The zero-order chi connectivity index (χ0) is 17.3. The van der Waals surface area contributed by atoms with Crippen LogP contribution in [0.3, 0.4) is 0 Å². The lowest BCUT2D eigenvalue weighted by Gasteiger charge is -2.12. The first-order valence-electron chi connectivity index (χ1n) is 6.92. The van der Waals surface area contributed by atoms with Gasteiger partial charge in [0.2, 0.25) is 5.43 Å². The van der Waals surface area contributed by atoms with Crippen LogP contribution < -0.4 is 10.7 Å². The molecule has 6 nitrogen and oxygen atoms in total. The van der Waals surface area contributed by atoms with Gasteiger partial charge in [-0.25, -0.2) is 9.59 Å². The monoisotopic (exact) mass is 342 g/mol. The van der Waals surface area contributed by atoms with Gasteiger partial charge in [-0.15, -0.1) is 0 Å². The zero-order valence-electron chi connectivity index (χ0n) is 12.2. The molecule has 0 radical (unpaired) electrons. The molecular formula is C17H11ClN2O4. The van der Waals surface area contributed by atoms with Crippen molar-refractivity contribution in [3.63, 3.8) is 0 Å². The van der Waals surface area contributed by atoms with Crippen LogP contribution in [0.5, 0.6) is 0 Å². The smallest absolute Gasteiger partial charge is 0.341 e. The van der Waals surface area contributed by atoms with Gasteiger partial charge in [0, 0.05) is 22.3 Å². The zero-order valence-corrected chi connectivity index (χ0v) is 12.9. The molecule has 0 saturated heterocycles. The number of carboxylic acids is 1. The quantitative estimate of drug-likeness (QED) is 0.746. The van der Waals surface area contributed by atoms with Crippen LogP contribution in [0.15, 0.2) is 59.5 Å². The Labute approximate surface area is 140 Å². The van der Waals surface area contributed by atoms with E-state index in [2.05, 4.69) is 5.32 Å². The number of aromatic nitrogens is 1. The second kappa shape index (κ2) is 6.17. The Morgan fingerprint density at radius 1 is 1.08 bits per heavy atom. The molecule has 1 amide bonds. The summed E-state index contributed by atoms with van der Waals surface area (Å²) in [5.41, 5.74) is -0.398. The fourth-order valence-corrected chi connectivity index (χ4v) is 2.49. The van der Waals surface area contributed by atoms with Gasteiger partial charge in [-0.1, -0.05) is 29.8 Å². The molecule has 3 rings (SSSR count). The molecule has 24 heavy (non-hydrogen) atoms. The molecule has 2 aromatic carbocycles. The van der Waals surface area contributed by atoms with Crippen LogP contribution in [-0.2, 0) is 0 Å². The Kier molecular flexibility index (Phi) is 4.05. The number of para-hydroxylation sites is 1. The first kappa shape index (κ1) is 15.8. The van der Waals surface area contributed by atoms with Gasteiger partial charge in [-0.3, -0.25) is 9.36 Å². The molecule has 3 aromatic rings. The van der Waals surface area contributed by atoms with Crippen molar-refractivity contribution in [3.8, 4) is 0 Å². The molecular weight excluding hydrogens is 332 g/mol. The van der Waals surface area contributed by atoms with Gasteiger partial charge in [0.1, 0.15) is 5.56 Å². The summed E-state index contributed by atoms with van der Waals surface area (Å²) in [5, 5.41) is 12.3. The molecule has 7 heteroatoms. The number of fused-ring (bicyclic) bond motifs is 1. The maximum absolute atomic E-state index is 12.5. The van der Waals surface area contributed by atoms with Crippen molar-refractivity contribution in [2.75, 3.05) is 5.32 Å². The molecule has 0 unspecified atom stereocenters. The van der Waals surface area contributed by atoms with Crippen molar-refractivity contribution in [1.29, 1.82) is 0 Å². The first-order valence-corrected chi connectivity index (χ1v) is 7.30. The Morgan fingerprint density at radius 2 is 1.79 bits per heavy atom.